The number of nitrogens with one attached hydrogen (secondary N) is 1. The molecule has 7 heteroatoms. The van der Waals surface area contributed by atoms with Gasteiger partial charge in [-0.2, -0.15) is 5.10 Å². The molecule has 1 heterocycles. The second-order valence-corrected chi connectivity index (χ2v) is 5.27. The number of carbonyl (C=O) groups is 2. The molecule has 0 aliphatic carbocycles. The van der Waals surface area contributed by atoms with Gasteiger partial charge in [0.2, 0.25) is 0 Å². The van der Waals surface area contributed by atoms with Crippen LogP contribution in [0.2, 0.25) is 0 Å². The number of thiophene rings is 1. The Hall–Kier alpha value is -2.67. The minimum Gasteiger partial charge on any atom is -0.482 e. The summed E-state index contributed by atoms with van der Waals surface area (Å²) < 4.78 is 5.10. The minimum atomic E-state index is -1.04. The van der Waals surface area contributed by atoms with Gasteiger partial charge in [0.05, 0.1) is 10.6 Å². The average molecular weight is 318 g/mol. The summed E-state index contributed by atoms with van der Waals surface area (Å²) in [5.41, 5.74) is 3.80. The summed E-state index contributed by atoms with van der Waals surface area (Å²) in [7, 11) is 0. The van der Waals surface area contributed by atoms with Crippen molar-refractivity contribution in [1.82, 2.24) is 5.43 Å². The molecule has 1 aromatic carbocycles. The van der Waals surface area contributed by atoms with E-state index in [0.717, 1.165) is 5.56 Å². The number of carbonyl (C=O) groups excluding carboxylic acids is 1. The molecule has 0 atom stereocenters. The van der Waals surface area contributed by atoms with Crippen molar-refractivity contribution in [2.45, 2.75) is 6.92 Å². The Balaban J connectivity index is 2.03. The lowest BCUT2D eigenvalue weighted by atomic mass is 10.1. The predicted molar refractivity (Wildman–Crippen MR) is 83.6 cm³/mol. The van der Waals surface area contributed by atoms with E-state index in [1.54, 1.807) is 43.3 Å². The normalized spacial score (nSPS) is 11.0. The maximum Gasteiger partial charge on any atom is 0.341 e. The molecule has 114 valence electrons. The molecule has 2 aromatic rings. The van der Waals surface area contributed by atoms with E-state index in [1.165, 1.54) is 11.3 Å². The maximum atomic E-state index is 11.8. The SMILES string of the molecule is C/C(=N/NC(=O)c1cccs1)c1cccc(OCC(=O)O)c1. The van der Waals surface area contributed by atoms with E-state index in [4.69, 9.17) is 9.84 Å². The van der Waals surface area contributed by atoms with Crippen LogP contribution in [0.5, 0.6) is 5.75 Å². The molecule has 1 amide bonds. The first kappa shape index (κ1) is 15.7. The van der Waals surface area contributed by atoms with Gasteiger partial charge in [0.25, 0.3) is 5.91 Å². The van der Waals surface area contributed by atoms with Crippen molar-refractivity contribution < 1.29 is 19.4 Å². The van der Waals surface area contributed by atoms with Crippen LogP contribution in [0.3, 0.4) is 0 Å². The molecule has 0 radical (unpaired) electrons. The Labute approximate surface area is 131 Å². The highest BCUT2D eigenvalue weighted by molar-refractivity contribution is 7.12. The smallest absolute Gasteiger partial charge is 0.341 e. The van der Waals surface area contributed by atoms with Crippen LogP contribution < -0.4 is 10.2 Å². The lowest BCUT2D eigenvalue weighted by Gasteiger charge is -2.06. The number of rotatable bonds is 6. The van der Waals surface area contributed by atoms with Crippen molar-refractivity contribution >= 4 is 28.9 Å². The summed E-state index contributed by atoms with van der Waals surface area (Å²) in [6.45, 7) is 1.33. The third-order valence-electron chi connectivity index (χ3n) is 2.68. The molecule has 0 spiro atoms. The number of aliphatic carboxylic acids is 1. The Morgan fingerprint density at radius 1 is 1.32 bits per heavy atom. The highest BCUT2D eigenvalue weighted by Crippen LogP contribution is 2.14. The fourth-order valence-corrected chi connectivity index (χ4v) is 2.23. The number of amides is 1. The number of nitrogens with zero attached hydrogens (tertiary/aromatic N) is 1. The minimum absolute atomic E-state index is 0.271. The monoisotopic (exact) mass is 318 g/mol. The number of benzene rings is 1. The van der Waals surface area contributed by atoms with Gasteiger partial charge >= 0.3 is 5.97 Å². The summed E-state index contributed by atoms with van der Waals surface area (Å²) in [5, 5.41) is 14.4. The predicted octanol–water partition coefficient (Wildman–Crippen LogP) is 2.37. The fraction of sp³-hybridized carbons (Fsp3) is 0.133. The summed E-state index contributed by atoms with van der Waals surface area (Å²) in [5.74, 6) is -0.884. The Morgan fingerprint density at radius 2 is 2.14 bits per heavy atom. The zero-order valence-electron chi connectivity index (χ0n) is 11.8. The van der Waals surface area contributed by atoms with Crippen molar-refractivity contribution in [3.05, 3.63) is 52.2 Å². The second-order valence-electron chi connectivity index (χ2n) is 4.33. The largest absolute Gasteiger partial charge is 0.482 e. The molecule has 0 bridgehead atoms. The second kappa shape index (κ2) is 7.37. The Bertz CT molecular complexity index is 695. The van der Waals surface area contributed by atoms with Crippen molar-refractivity contribution in [1.29, 1.82) is 0 Å². The van der Waals surface area contributed by atoms with Gasteiger partial charge in [-0.15, -0.1) is 11.3 Å². The van der Waals surface area contributed by atoms with Gasteiger partial charge in [0.15, 0.2) is 6.61 Å². The molecule has 0 saturated heterocycles. The molecule has 2 N–H and O–H groups in total. The van der Waals surface area contributed by atoms with Crippen LogP contribution in [0.4, 0.5) is 0 Å². The van der Waals surface area contributed by atoms with Crippen molar-refractivity contribution in [3.8, 4) is 5.75 Å². The van der Waals surface area contributed by atoms with Crippen molar-refractivity contribution in [2.24, 2.45) is 5.10 Å². The van der Waals surface area contributed by atoms with E-state index < -0.39 is 12.6 Å². The summed E-state index contributed by atoms with van der Waals surface area (Å²) in [6, 6.07) is 10.4. The highest BCUT2D eigenvalue weighted by Gasteiger charge is 2.06. The average Bonchev–Trinajstić information content (AvgIpc) is 3.05. The van der Waals surface area contributed by atoms with Gasteiger partial charge in [-0.05, 0) is 30.5 Å². The summed E-state index contributed by atoms with van der Waals surface area (Å²) >= 11 is 1.33. The maximum absolute atomic E-state index is 11.8. The standard InChI is InChI=1S/C15H14N2O4S/c1-10(16-17-15(20)13-6-3-7-22-13)11-4-2-5-12(8-11)21-9-14(18)19/h2-8H,9H2,1H3,(H,17,20)(H,18,19)/b16-10-. The summed E-state index contributed by atoms with van der Waals surface area (Å²) in [4.78, 5) is 22.9. The van der Waals surface area contributed by atoms with Crippen molar-refractivity contribution in [3.63, 3.8) is 0 Å². The van der Waals surface area contributed by atoms with Crippen LogP contribution in [0.15, 0.2) is 46.9 Å². The molecule has 0 aliphatic rings. The van der Waals surface area contributed by atoms with Gasteiger partial charge in [0.1, 0.15) is 5.75 Å². The lowest BCUT2D eigenvalue weighted by molar-refractivity contribution is -0.139. The van der Waals surface area contributed by atoms with Crippen LogP contribution in [0.25, 0.3) is 0 Å². The first-order valence-corrected chi connectivity index (χ1v) is 7.27. The summed E-state index contributed by atoms with van der Waals surface area (Å²) in [6.07, 6.45) is 0. The van der Waals surface area contributed by atoms with Gasteiger partial charge in [0, 0.05) is 5.56 Å². The highest BCUT2D eigenvalue weighted by atomic mass is 32.1. The molecule has 2 rings (SSSR count). The zero-order chi connectivity index (χ0) is 15.9. The molecule has 0 fully saturated rings. The molecular formula is C15H14N2O4S. The van der Waals surface area contributed by atoms with E-state index in [1.807, 2.05) is 5.38 Å². The molecule has 0 aliphatic heterocycles. The Kier molecular flexibility index (Phi) is 5.26. The van der Waals surface area contributed by atoms with Crippen molar-refractivity contribution in [2.75, 3.05) is 6.61 Å². The number of carboxylic acid groups (broad SMARTS) is 1. The quantitative estimate of drug-likeness (QED) is 0.632. The van der Waals surface area contributed by atoms with Gasteiger partial charge in [-0.3, -0.25) is 4.79 Å². The van der Waals surface area contributed by atoms with Crippen LogP contribution in [-0.4, -0.2) is 29.3 Å². The van der Waals surface area contributed by atoms with E-state index in [2.05, 4.69) is 10.5 Å². The molecular weight excluding hydrogens is 304 g/mol. The van der Waals surface area contributed by atoms with Gasteiger partial charge in [-0.25, -0.2) is 10.2 Å². The third kappa shape index (κ3) is 4.42. The topological polar surface area (TPSA) is 88.0 Å². The molecule has 0 unspecified atom stereocenters. The van der Waals surface area contributed by atoms with Gasteiger partial charge < -0.3 is 9.84 Å². The van der Waals surface area contributed by atoms with E-state index in [-0.39, 0.29) is 5.91 Å². The van der Waals surface area contributed by atoms with E-state index >= 15 is 0 Å². The third-order valence-corrected chi connectivity index (χ3v) is 3.55. The zero-order valence-corrected chi connectivity index (χ0v) is 12.6. The van der Waals surface area contributed by atoms with E-state index in [9.17, 15) is 9.59 Å². The number of hydrogen-bond donors (Lipinski definition) is 2. The van der Waals surface area contributed by atoms with Crippen LogP contribution >= 0.6 is 11.3 Å². The number of carboxylic acids is 1. The molecule has 1 aromatic heterocycles. The Morgan fingerprint density at radius 3 is 2.82 bits per heavy atom. The van der Waals surface area contributed by atoms with Crippen LogP contribution in [-0.2, 0) is 4.79 Å². The van der Waals surface area contributed by atoms with Crippen LogP contribution in [0.1, 0.15) is 22.2 Å². The molecule has 0 saturated carbocycles. The lowest BCUT2D eigenvalue weighted by Crippen LogP contribution is -2.18. The number of hydrogen-bond acceptors (Lipinski definition) is 5. The molecule has 22 heavy (non-hydrogen) atoms. The van der Waals surface area contributed by atoms with Crippen LogP contribution in [0, 0.1) is 0 Å². The first-order valence-electron chi connectivity index (χ1n) is 6.39. The number of ether oxygens (including phenoxy) is 1. The first-order chi connectivity index (χ1) is 10.6. The molecule has 6 nitrogen and oxygen atoms in total. The number of hydrazone groups is 1. The fourth-order valence-electron chi connectivity index (χ4n) is 1.62. The van der Waals surface area contributed by atoms with E-state index in [0.29, 0.717) is 16.3 Å². The van der Waals surface area contributed by atoms with Gasteiger partial charge in [-0.1, -0.05) is 18.2 Å².